The Morgan fingerprint density at radius 1 is 1.28 bits per heavy atom. The molecule has 0 radical (unpaired) electrons. The highest BCUT2D eigenvalue weighted by Crippen LogP contribution is 2.29. The second kappa shape index (κ2) is 3.79. The molecule has 3 rings (SSSR count). The molecule has 6 nitrogen and oxygen atoms in total. The van der Waals surface area contributed by atoms with Crippen LogP contribution in [0.5, 0.6) is 0 Å². The second-order valence-corrected chi connectivity index (χ2v) is 4.45. The van der Waals surface area contributed by atoms with Crippen molar-refractivity contribution in [1.82, 2.24) is 20.0 Å². The van der Waals surface area contributed by atoms with Crippen LogP contribution in [0, 0.1) is 0 Å². The highest BCUT2D eigenvalue weighted by Gasteiger charge is 2.17. The molecule has 0 unspecified atom stereocenters. The van der Waals surface area contributed by atoms with Crippen LogP contribution in [0.2, 0.25) is 10.0 Å². The van der Waals surface area contributed by atoms with Gasteiger partial charge in [-0.05, 0) is 28.6 Å². The van der Waals surface area contributed by atoms with Crippen LogP contribution >= 0.6 is 23.2 Å². The van der Waals surface area contributed by atoms with Crippen molar-refractivity contribution in [2.75, 3.05) is 0 Å². The summed E-state index contributed by atoms with van der Waals surface area (Å²) in [6.45, 7) is 0. The molecule has 0 spiro atoms. The molecule has 18 heavy (non-hydrogen) atoms. The molecule has 90 valence electrons. The maximum Gasteiger partial charge on any atom is 0.339 e. The van der Waals surface area contributed by atoms with E-state index in [1.807, 2.05) is 0 Å². The van der Waals surface area contributed by atoms with Gasteiger partial charge in [0.05, 0.1) is 10.5 Å². The number of carboxylic acid groups (broad SMARTS) is 1. The molecular formula is C10H4Cl2N4O2. The molecule has 0 amide bonds. The first kappa shape index (κ1) is 11.2. The van der Waals surface area contributed by atoms with Crippen LogP contribution in [0.25, 0.3) is 16.6 Å². The van der Waals surface area contributed by atoms with Crippen molar-refractivity contribution in [1.29, 1.82) is 0 Å². The molecule has 0 fully saturated rings. The van der Waals surface area contributed by atoms with E-state index in [1.165, 1.54) is 10.6 Å². The minimum Gasteiger partial charge on any atom is -0.478 e. The first-order valence-corrected chi connectivity index (χ1v) is 5.56. The summed E-state index contributed by atoms with van der Waals surface area (Å²) >= 11 is 12.0. The molecule has 0 aliphatic rings. The zero-order chi connectivity index (χ0) is 12.9. The van der Waals surface area contributed by atoms with Crippen molar-refractivity contribution in [2.24, 2.45) is 0 Å². The summed E-state index contributed by atoms with van der Waals surface area (Å²) in [6.07, 6.45) is 0. The predicted octanol–water partition coefficient (Wildman–Crippen LogP) is 2.28. The Morgan fingerprint density at radius 2 is 2.06 bits per heavy atom. The summed E-state index contributed by atoms with van der Waals surface area (Å²) in [5, 5.41) is 21.3. The fourth-order valence-electron chi connectivity index (χ4n) is 1.80. The number of nitrogens with zero attached hydrogens (tertiary/aromatic N) is 4. The van der Waals surface area contributed by atoms with Gasteiger partial charge < -0.3 is 5.11 Å². The quantitative estimate of drug-likeness (QED) is 0.741. The number of hydrogen-bond donors (Lipinski definition) is 1. The molecule has 1 aromatic carbocycles. The molecule has 2 aromatic heterocycles. The largest absolute Gasteiger partial charge is 0.478 e. The average molecular weight is 283 g/mol. The number of benzene rings is 1. The van der Waals surface area contributed by atoms with Crippen LogP contribution in [-0.2, 0) is 0 Å². The van der Waals surface area contributed by atoms with Gasteiger partial charge in [-0.25, -0.2) is 4.79 Å². The zero-order valence-electron chi connectivity index (χ0n) is 8.63. The van der Waals surface area contributed by atoms with Gasteiger partial charge in [-0.2, -0.15) is 4.52 Å². The Morgan fingerprint density at radius 3 is 2.78 bits per heavy atom. The number of aromatic carboxylic acids is 1. The average Bonchev–Trinajstić information content (AvgIpc) is 2.75. The fraction of sp³-hybridized carbons (Fsp3) is 0. The summed E-state index contributed by atoms with van der Waals surface area (Å²) in [7, 11) is 0. The van der Waals surface area contributed by atoms with E-state index < -0.39 is 5.97 Å². The number of carboxylic acids is 1. The molecule has 0 aliphatic carbocycles. The van der Waals surface area contributed by atoms with Crippen LogP contribution in [0.4, 0.5) is 0 Å². The molecule has 8 heteroatoms. The topological polar surface area (TPSA) is 80.4 Å². The lowest BCUT2D eigenvalue weighted by Gasteiger charge is -2.05. The second-order valence-electron chi connectivity index (χ2n) is 3.60. The maximum absolute atomic E-state index is 11.2. The zero-order valence-corrected chi connectivity index (χ0v) is 10.1. The molecule has 0 saturated carbocycles. The first-order chi connectivity index (χ1) is 8.58. The summed E-state index contributed by atoms with van der Waals surface area (Å²) in [5.74, 6) is -1.12. The minimum atomic E-state index is -1.12. The van der Waals surface area contributed by atoms with Crippen molar-refractivity contribution in [3.63, 3.8) is 0 Å². The SMILES string of the molecule is O=C(O)c1cc2cc(Cl)cc(Cl)c2n2nnnc12. The Bertz CT molecular complexity index is 799. The molecule has 0 aliphatic heterocycles. The van der Waals surface area contributed by atoms with E-state index in [1.54, 1.807) is 12.1 Å². The van der Waals surface area contributed by atoms with Gasteiger partial charge in [0, 0.05) is 10.4 Å². The van der Waals surface area contributed by atoms with E-state index in [9.17, 15) is 4.79 Å². The molecule has 3 aromatic rings. The van der Waals surface area contributed by atoms with E-state index in [-0.39, 0.29) is 11.2 Å². The minimum absolute atomic E-state index is 0.00849. The van der Waals surface area contributed by atoms with Gasteiger partial charge in [0.1, 0.15) is 5.56 Å². The highest BCUT2D eigenvalue weighted by atomic mass is 35.5. The van der Waals surface area contributed by atoms with Gasteiger partial charge in [-0.3, -0.25) is 0 Å². The van der Waals surface area contributed by atoms with Crippen LogP contribution in [0.15, 0.2) is 18.2 Å². The predicted molar refractivity (Wildman–Crippen MR) is 65.3 cm³/mol. The third-order valence-corrected chi connectivity index (χ3v) is 3.02. The van der Waals surface area contributed by atoms with Gasteiger partial charge in [-0.1, -0.05) is 23.2 Å². The van der Waals surface area contributed by atoms with Crippen LogP contribution in [-0.4, -0.2) is 31.1 Å². The van der Waals surface area contributed by atoms with Crippen molar-refractivity contribution in [3.05, 3.63) is 33.8 Å². The molecule has 1 N–H and O–H groups in total. The standard InChI is InChI=1S/C10H4Cl2N4O2/c11-5-1-4-2-6(10(17)18)9-13-14-15-16(9)8(4)7(12)3-5/h1-3H,(H,17,18). The molecule has 0 saturated heterocycles. The summed E-state index contributed by atoms with van der Waals surface area (Å²) in [6, 6.07) is 4.60. The Balaban J connectivity index is 2.59. The van der Waals surface area contributed by atoms with Crippen LogP contribution < -0.4 is 0 Å². The van der Waals surface area contributed by atoms with Gasteiger partial charge >= 0.3 is 5.97 Å². The first-order valence-electron chi connectivity index (χ1n) is 4.81. The van der Waals surface area contributed by atoms with Crippen molar-refractivity contribution in [3.8, 4) is 0 Å². The Hall–Kier alpha value is -1.92. The summed E-state index contributed by atoms with van der Waals surface area (Å²) in [4.78, 5) is 11.2. The number of tetrazole rings is 1. The Labute approximate surface area is 110 Å². The number of rotatable bonds is 1. The van der Waals surface area contributed by atoms with Gasteiger partial charge in [-0.15, -0.1) is 5.10 Å². The monoisotopic (exact) mass is 282 g/mol. The maximum atomic E-state index is 11.2. The lowest BCUT2D eigenvalue weighted by atomic mass is 10.1. The van der Waals surface area contributed by atoms with E-state index in [4.69, 9.17) is 28.3 Å². The van der Waals surface area contributed by atoms with Crippen LogP contribution in [0.1, 0.15) is 10.4 Å². The lowest BCUT2D eigenvalue weighted by molar-refractivity contribution is 0.0698. The summed E-state index contributed by atoms with van der Waals surface area (Å²) in [5.41, 5.74) is 0.649. The number of fused-ring (bicyclic) bond motifs is 3. The van der Waals surface area contributed by atoms with E-state index in [2.05, 4.69) is 15.5 Å². The number of aromatic nitrogens is 4. The number of hydrogen-bond acceptors (Lipinski definition) is 4. The van der Waals surface area contributed by atoms with Crippen molar-refractivity contribution >= 4 is 45.7 Å². The fourth-order valence-corrected chi connectivity index (χ4v) is 2.39. The summed E-state index contributed by atoms with van der Waals surface area (Å²) < 4.78 is 1.29. The number of pyridine rings is 1. The third-order valence-electron chi connectivity index (χ3n) is 2.51. The number of carbonyl (C=O) groups is 1. The van der Waals surface area contributed by atoms with Crippen LogP contribution in [0.3, 0.4) is 0 Å². The van der Waals surface area contributed by atoms with E-state index in [0.717, 1.165) is 0 Å². The Kier molecular flexibility index (Phi) is 2.36. The van der Waals surface area contributed by atoms with E-state index >= 15 is 0 Å². The normalized spacial score (nSPS) is 11.2. The van der Waals surface area contributed by atoms with Crippen molar-refractivity contribution < 1.29 is 9.90 Å². The van der Waals surface area contributed by atoms with Crippen molar-refractivity contribution in [2.45, 2.75) is 0 Å². The van der Waals surface area contributed by atoms with Gasteiger partial charge in [0.2, 0.25) is 0 Å². The lowest BCUT2D eigenvalue weighted by Crippen LogP contribution is -2.03. The highest BCUT2D eigenvalue weighted by molar-refractivity contribution is 6.38. The molecule has 0 atom stereocenters. The van der Waals surface area contributed by atoms with Gasteiger partial charge in [0.15, 0.2) is 5.65 Å². The molecule has 0 bridgehead atoms. The smallest absolute Gasteiger partial charge is 0.339 e. The van der Waals surface area contributed by atoms with Gasteiger partial charge in [0.25, 0.3) is 0 Å². The number of halogens is 2. The molecular weight excluding hydrogens is 279 g/mol. The van der Waals surface area contributed by atoms with E-state index in [0.29, 0.717) is 20.9 Å². The molecule has 2 heterocycles. The third kappa shape index (κ3) is 1.50.